The van der Waals surface area contributed by atoms with Gasteiger partial charge in [-0.25, -0.2) is 18.1 Å². The molecule has 8 heteroatoms. The van der Waals surface area contributed by atoms with E-state index in [9.17, 15) is 13.5 Å². The molecule has 1 aliphatic rings. The average molecular weight is 339 g/mol. The maximum atomic E-state index is 12.3. The van der Waals surface area contributed by atoms with E-state index in [-0.39, 0.29) is 33.6 Å². The van der Waals surface area contributed by atoms with Crippen molar-refractivity contribution in [1.29, 1.82) is 0 Å². The molecule has 0 radical (unpaired) electrons. The maximum Gasteiger partial charge on any atom is 0.242 e. The van der Waals surface area contributed by atoms with Gasteiger partial charge in [0.1, 0.15) is 10.0 Å². The minimum Gasteiger partial charge on any atom is -0.396 e. The molecular weight excluding hydrogens is 323 g/mol. The van der Waals surface area contributed by atoms with Gasteiger partial charge in [-0.3, -0.25) is 0 Å². The SMILES string of the molecule is O=S(=O)(NC1CCCCC1CO)c1cnc(Cl)c(Cl)c1. The monoisotopic (exact) mass is 338 g/mol. The topological polar surface area (TPSA) is 79.3 Å². The van der Waals surface area contributed by atoms with E-state index >= 15 is 0 Å². The van der Waals surface area contributed by atoms with Crippen LogP contribution < -0.4 is 4.72 Å². The van der Waals surface area contributed by atoms with Crippen molar-refractivity contribution in [2.75, 3.05) is 6.61 Å². The first-order valence-electron chi connectivity index (χ1n) is 6.38. The van der Waals surface area contributed by atoms with Crippen LogP contribution in [-0.4, -0.2) is 31.2 Å². The number of sulfonamides is 1. The number of nitrogens with one attached hydrogen (secondary N) is 1. The lowest BCUT2D eigenvalue weighted by atomic mass is 9.86. The highest BCUT2D eigenvalue weighted by molar-refractivity contribution is 7.89. The Morgan fingerprint density at radius 1 is 1.35 bits per heavy atom. The summed E-state index contributed by atoms with van der Waals surface area (Å²) >= 11 is 11.5. The Balaban J connectivity index is 2.19. The Labute approximate surface area is 128 Å². The van der Waals surface area contributed by atoms with Crippen LogP contribution in [0.4, 0.5) is 0 Å². The summed E-state index contributed by atoms with van der Waals surface area (Å²) < 4.78 is 27.2. The van der Waals surface area contributed by atoms with E-state index < -0.39 is 10.0 Å². The van der Waals surface area contributed by atoms with E-state index in [1.165, 1.54) is 12.3 Å². The zero-order valence-electron chi connectivity index (χ0n) is 10.7. The summed E-state index contributed by atoms with van der Waals surface area (Å²) in [4.78, 5) is 3.72. The number of pyridine rings is 1. The number of rotatable bonds is 4. The van der Waals surface area contributed by atoms with E-state index in [4.69, 9.17) is 23.2 Å². The van der Waals surface area contributed by atoms with Crippen LogP contribution in [-0.2, 0) is 10.0 Å². The molecule has 5 nitrogen and oxygen atoms in total. The van der Waals surface area contributed by atoms with Gasteiger partial charge in [-0.15, -0.1) is 0 Å². The predicted octanol–water partition coefficient (Wildman–Crippen LogP) is 2.22. The van der Waals surface area contributed by atoms with E-state index in [1.54, 1.807) is 0 Å². The van der Waals surface area contributed by atoms with Crippen molar-refractivity contribution >= 4 is 33.2 Å². The second-order valence-corrected chi connectivity index (χ2v) is 7.38. The molecule has 1 saturated carbocycles. The highest BCUT2D eigenvalue weighted by Crippen LogP contribution is 2.27. The summed E-state index contributed by atoms with van der Waals surface area (Å²) in [6, 6.07) is 1.02. The minimum absolute atomic E-state index is 0.0193. The fourth-order valence-electron chi connectivity index (χ4n) is 2.40. The molecule has 1 aliphatic carbocycles. The van der Waals surface area contributed by atoms with Crippen LogP contribution >= 0.6 is 23.2 Å². The second-order valence-electron chi connectivity index (χ2n) is 4.90. The molecule has 1 fully saturated rings. The number of hydrogen-bond acceptors (Lipinski definition) is 4. The first kappa shape index (κ1) is 16.0. The molecule has 0 aliphatic heterocycles. The summed E-state index contributed by atoms with van der Waals surface area (Å²) in [7, 11) is -3.71. The summed E-state index contributed by atoms with van der Waals surface area (Å²) in [5.74, 6) is -0.0470. The van der Waals surface area contributed by atoms with Gasteiger partial charge in [-0.05, 0) is 24.8 Å². The minimum atomic E-state index is -3.71. The third-order valence-electron chi connectivity index (χ3n) is 3.53. The van der Waals surface area contributed by atoms with E-state index in [0.29, 0.717) is 0 Å². The molecule has 2 N–H and O–H groups in total. The van der Waals surface area contributed by atoms with Crippen LogP contribution in [0.1, 0.15) is 25.7 Å². The molecule has 0 bridgehead atoms. The van der Waals surface area contributed by atoms with Gasteiger partial charge in [0.2, 0.25) is 10.0 Å². The van der Waals surface area contributed by atoms with Crippen LogP contribution in [0, 0.1) is 5.92 Å². The molecule has 1 heterocycles. The number of hydrogen-bond donors (Lipinski definition) is 2. The van der Waals surface area contributed by atoms with Crippen molar-refractivity contribution in [2.45, 2.75) is 36.6 Å². The Morgan fingerprint density at radius 2 is 2.05 bits per heavy atom. The average Bonchev–Trinajstić information content (AvgIpc) is 2.42. The molecule has 1 aromatic rings. The maximum absolute atomic E-state index is 12.3. The fraction of sp³-hybridized carbons (Fsp3) is 0.583. The van der Waals surface area contributed by atoms with Gasteiger partial charge >= 0.3 is 0 Å². The Morgan fingerprint density at radius 3 is 2.70 bits per heavy atom. The van der Waals surface area contributed by atoms with Crippen LogP contribution in [0.5, 0.6) is 0 Å². The third kappa shape index (κ3) is 3.62. The van der Waals surface area contributed by atoms with Crippen molar-refractivity contribution in [3.8, 4) is 0 Å². The van der Waals surface area contributed by atoms with Crippen molar-refractivity contribution < 1.29 is 13.5 Å². The smallest absolute Gasteiger partial charge is 0.242 e. The summed E-state index contributed by atoms with van der Waals surface area (Å²) in [6.45, 7) is -0.0210. The largest absolute Gasteiger partial charge is 0.396 e. The molecular formula is C12H16Cl2N2O3S. The van der Waals surface area contributed by atoms with Crippen molar-refractivity contribution in [3.63, 3.8) is 0 Å². The van der Waals surface area contributed by atoms with Crippen molar-refractivity contribution in [3.05, 3.63) is 22.4 Å². The fourth-order valence-corrected chi connectivity index (χ4v) is 4.04. The normalized spacial score (nSPS) is 23.8. The van der Waals surface area contributed by atoms with Crippen molar-refractivity contribution in [1.82, 2.24) is 9.71 Å². The number of aromatic nitrogens is 1. The first-order valence-corrected chi connectivity index (χ1v) is 8.62. The quantitative estimate of drug-likeness (QED) is 0.825. The van der Waals surface area contributed by atoms with Gasteiger partial charge < -0.3 is 5.11 Å². The lowest BCUT2D eigenvalue weighted by Gasteiger charge is -2.30. The molecule has 2 unspecified atom stereocenters. The summed E-state index contributed by atoms with van der Waals surface area (Å²) in [5.41, 5.74) is 0. The summed E-state index contributed by atoms with van der Waals surface area (Å²) in [5, 5.41) is 9.48. The molecule has 20 heavy (non-hydrogen) atoms. The second kappa shape index (κ2) is 6.58. The van der Waals surface area contributed by atoms with Gasteiger partial charge in [0.15, 0.2) is 0 Å². The molecule has 2 atom stereocenters. The first-order chi connectivity index (χ1) is 9.44. The lowest BCUT2D eigenvalue weighted by Crippen LogP contribution is -2.43. The van der Waals surface area contributed by atoms with Gasteiger partial charge in [-0.2, -0.15) is 0 Å². The highest BCUT2D eigenvalue weighted by Gasteiger charge is 2.29. The Kier molecular flexibility index (Phi) is 5.25. The van der Waals surface area contributed by atoms with Crippen LogP contribution in [0.15, 0.2) is 17.2 Å². The number of aliphatic hydroxyl groups excluding tert-OH is 1. The number of halogens is 2. The zero-order chi connectivity index (χ0) is 14.8. The third-order valence-corrected chi connectivity index (χ3v) is 5.67. The van der Waals surface area contributed by atoms with E-state index in [0.717, 1.165) is 25.7 Å². The predicted molar refractivity (Wildman–Crippen MR) is 77.4 cm³/mol. The van der Waals surface area contributed by atoms with Crippen LogP contribution in [0.3, 0.4) is 0 Å². The molecule has 0 amide bonds. The molecule has 112 valence electrons. The van der Waals surface area contributed by atoms with Gasteiger partial charge in [0.05, 0.1) is 5.02 Å². The van der Waals surface area contributed by atoms with Gasteiger partial charge in [0.25, 0.3) is 0 Å². The van der Waals surface area contributed by atoms with E-state index in [1.807, 2.05) is 0 Å². The Bertz CT molecular complexity index is 580. The van der Waals surface area contributed by atoms with E-state index in [2.05, 4.69) is 9.71 Å². The van der Waals surface area contributed by atoms with Crippen molar-refractivity contribution in [2.24, 2.45) is 5.92 Å². The number of nitrogens with zero attached hydrogens (tertiary/aromatic N) is 1. The Hall–Kier alpha value is -0.400. The number of aliphatic hydroxyl groups is 1. The highest BCUT2D eigenvalue weighted by atomic mass is 35.5. The summed E-state index contributed by atoms with van der Waals surface area (Å²) in [6.07, 6.45) is 4.68. The van der Waals surface area contributed by atoms with Crippen LogP contribution in [0.25, 0.3) is 0 Å². The standard InChI is InChI=1S/C12H16Cl2N2O3S/c13-10-5-9(6-15-12(10)14)20(18,19)16-11-4-2-1-3-8(11)7-17/h5-6,8,11,16-17H,1-4,7H2. The lowest BCUT2D eigenvalue weighted by molar-refractivity contribution is 0.164. The molecule has 1 aromatic heterocycles. The molecule has 2 rings (SSSR count). The van der Waals surface area contributed by atoms with Gasteiger partial charge in [0, 0.05) is 18.8 Å². The van der Waals surface area contributed by atoms with Crippen LogP contribution in [0.2, 0.25) is 10.2 Å². The van der Waals surface area contributed by atoms with Gasteiger partial charge in [-0.1, -0.05) is 36.0 Å². The zero-order valence-corrected chi connectivity index (χ0v) is 13.0. The molecule has 0 saturated heterocycles. The molecule has 0 aromatic carbocycles. The molecule has 0 spiro atoms.